The first-order chi connectivity index (χ1) is 10.5. The first kappa shape index (κ1) is 19.7. The van der Waals surface area contributed by atoms with Gasteiger partial charge in [-0.05, 0) is 19.1 Å². The van der Waals surface area contributed by atoms with Crippen molar-refractivity contribution in [2.75, 3.05) is 24.9 Å². The molecule has 23 heavy (non-hydrogen) atoms. The van der Waals surface area contributed by atoms with Crippen LogP contribution in [0.3, 0.4) is 0 Å². The average molecular weight is 385 g/mol. The van der Waals surface area contributed by atoms with Gasteiger partial charge in [-0.3, -0.25) is 0 Å². The second-order valence-corrected chi connectivity index (χ2v) is 8.76. The maximum atomic E-state index is 12.2. The third-order valence-electron chi connectivity index (χ3n) is 2.56. The molecular formula is C12H17ClN2O6S2. The van der Waals surface area contributed by atoms with Crippen LogP contribution < -0.4 is 4.74 Å². The highest BCUT2D eigenvalue weighted by Crippen LogP contribution is 2.17. The van der Waals surface area contributed by atoms with Gasteiger partial charge in [-0.1, -0.05) is 22.1 Å². The molecule has 0 unspecified atom stereocenters. The Kier molecular flexibility index (Phi) is 6.40. The van der Waals surface area contributed by atoms with Crippen LogP contribution in [0.5, 0.6) is 5.75 Å². The lowest BCUT2D eigenvalue weighted by Gasteiger charge is -2.29. The molecule has 0 saturated heterocycles. The third kappa shape index (κ3) is 5.65. The van der Waals surface area contributed by atoms with Crippen LogP contribution in [0.25, 0.3) is 0 Å². The molecule has 0 aliphatic carbocycles. The highest BCUT2D eigenvalue weighted by molar-refractivity contribution is 7.91. The van der Waals surface area contributed by atoms with Gasteiger partial charge in [0.05, 0.1) is 12.5 Å². The molecule has 0 bridgehead atoms. The van der Waals surface area contributed by atoms with Crippen LogP contribution >= 0.6 is 11.6 Å². The van der Waals surface area contributed by atoms with Gasteiger partial charge in [0, 0.05) is 12.4 Å². The second-order valence-electron chi connectivity index (χ2n) is 4.68. The van der Waals surface area contributed by atoms with E-state index in [2.05, 4.69) is 0 Å². The molecule has 0 atom stereocenters. The summed E-state index contributed by atoms with van der Waals surface area (Å²) in [4.78, 5) is 12.2. The van der Waals surface area contributed by atoms with Crippen molar-refractivity contribution in [2.45, 2.75) is 6.92 Å². The van der Waals surface area contributed by atoms with Crippen molar-refractivity contribution in [1.29, 1.82) is 0 Å². The predicted octanol–water partition coefficient (Wildman–Crippen LogP) is 1.17. The molecule has 130 valence electrons. The number of carbonyl (C=O) groups excluding carboxylic acids is 1. The summed E-state index contributed by atoms with van der Waals surface area (Å²) < 4.78 is 52.6. The summed E-state index contributed by atoms with van der Waals surface area (Å²) in [6, 6.07) is 6.22. The quantitative estimate of drug-likeness (QED) is 0.539. The van der Waals surface area contributed by atoms with Crippen LogP contribution in [0.2, 0.25) is 0 Å². The SMILES string of the molecule is Cc1ccc(OC(=O)N(N(CCCl)S(C)(=O)=O)S(C)(=O)=O)cc1. The Morgan fingerprint density at radius 2 is 1.61 bits per heavy atom. The molecule has 11 heteroatoms. The fourth-order valence-electron chi connectivity index (χ4n) is 1.60. The maximum absolute atomic E-state index is 12.2. The lowest BCUT2D eigenvalue weighted by molar-refractivity contribution is 0.125. The third-order valence-corrected chi connectivity index (χ3v) is 4.92. The van der Waals surface area contributed by atoms with Crippen LogP contribution in [0.15, 0.2) is 24.3 Å². The molecule has 0 radical (unpaired) electrons. The van der Waals surface area contributed by atoms with E-state index in [9.17, 15) is 21.6 Å². The van der Waals surface area contributed by atoms with Crippen LogP contribution in [0.4, 0.5) is 4.79 Å². The van der Waals surface area contributed by atoms with Crippen molar-refractivity contribution >= 4 is 37.7 Å². The minimum atomic E-state index is -4.25. The topological polar surface area (TPSA) is 101 Å². The predicted molar refractivity (Wildman–Crippen MR) is 86.2 cm³/mol. The number of carbonyl (C=O) groups is 1. The summed E-state index contributed by atoms with van der Waals surface area (Å²) >= 11 is 5.50. The van der Waals surface area contributed by atoms with Crippen LogP contribution in [0.1, 0.15) is 5.56 Å². The molecule has 0 saturated carbocycles. The minimum Gasteiger partial charge on any atom is -0.409 e. The van der Waals surface area contributed by atoms with E-state index < -0.39 is 32.7 Å². The number of alkyl halides is 1. The number of amides is 1. The minimum absolute atomic E-state index is 0.0462. The van der Waals surface area contributed by atoms with E-state index >= 15 is 0 Å². The molecule has 0 spiro atoms. The Balaban J connectivity index is 3.20. The molecular weight excluding hydrogens is 368 g/mol. The zero-order chi connectivity index (χ0) is 17.8. The number of benzene rings is 1. The molecule has 0 N–H and O–H groups in total. The number of hydrogen-bond acceptors (Lipinski definition) is 6. The Morgan fingerprint density at radius 3 is 2.00 bits per heavy atom. The van der Waals surface area contributed by atoms with Crippen molar-refractivity contribution < 1.29 is 26.4 Å². The fourth-order valence-corrected chi connectivity index (χ4v) is 4.07. The number of ether oxygens (including phenoxy) is 1. The number of sulfonamides is 2. The molecule has 1 rings (SSSR count). The Labute approximate surface area is 140 Å². The molecule has 1 aromatic rings. The first-order valence-corrected chi connectivity index (χ1v) is 10.5. The van der Waals surface area contributed by atoms with E-state index in [4.69, 9.17) is 16.3 Å². The number of aryl methyl sites for hydroxylation is 1. The van der Waals surface area contributed by atoms with Gasteiger partial charge in [0.25, 0.3) is 10.0 Å². The van der Waals surface area contributed by atoms with Crippen LogP contribution in [0, 0.1) is 6.92 Å². The van der Waals surface area contributed by atoms with Gasteiger partial charge in [-0.25, -0.2) is 21.6 Å². The zero-order valence-electron chi connectivity index (χ0n) is 12.8. The van der Waals surface area contributed by atoms with Gasteiger partial charge in [0.2, 0.25) is 10.0 Å². The molecule has 0 aromatic heterocycles. The number of hydrogen-bond donors (Lipinski definition) is 0. The molecule has 0 aliphatic rings. The molecule has 0 fully saturated rings. The summed E-state index contributed by atoms with van der Waals surface area (Å²) in [7, 11) is -8.31. The molecule has 1 aromatic carbocycles. The molecule has 8 nitrogen and oxygen atoms in total. The zero-order valence-corrected chi connectivity index (χ0v) is 15.2. The largest absolute Gasteiger partial charge is 0.445 e. The van der Waals surface area contributed by atoms with Gasteiger partial charge < -0.3 is 4.74 Å². The smallest absolute Gasteiger partial charge is 0.409 e. The Bertz CT molecular complexity index is 761. The summed E-state index contributed by atoms with van der Waals surface area (Å²) in [5.74, 6) is -0.134. The fraction of sp³-hybridized carbons (Fsp3) is 0.417. The van der Waals surface area contributed by atoms with Crippen molar-refractivity contribution in [2.24, 2.45) is 0 Å². The van der Waals surface area contributed by atoms with E-state index in [1.165, 1.54) is 12.1 Å². The van der Waals surface area contributed by atoms with Gasteiger partial charge in [0.15, 0.2) is 0 Å². The van der Waals surface area contributed by atoms with Gasteiger partial charge >= 0.3 is 6.09 Å². The van der Waals surface area contributed by atoms with E-state index in [1.807, 2.05) is 6.92 Å². The summed E-state index contributed by atoms with van der Waals surface area (Å²) in [6.07, 6.45) is 0.0825. The van der Waals surface area contributed by atoms with Crippen molar-refractivity contribution in [1.82, 2.24) is 8.83 Å². The lowest BCUT2D eigenvalue weighted by atomic mass is 10.2. The van der Waals surface area contributed by atoms with Gasteiger partial charge in [0.1, 0.15) is 5.75 Å². The van der Waals surface area contributed by atoms with E-state index in [-0.39, 0.29) is 16.0 Å². The number of halogens is 1. The second kappa shape index (κ2) is 7.47. The summed E-state index contributed by atoms with van der Waals surface area (Å²) in [5.41, 5.74) is 0.907. The standard InChI is InChI=1S/C12H17ClN2O6S2/c1-10-4-6-11(7-5-10)21-12(16)15(23(3,19)20)14(9-8-13)22(2,17)18/h4-7H,8-9H2,1-3H3. The van der Waals surface area contributed by atoms with Crippen LogP contribution in [-0.4, -0.2) is 56.7 Å². The van der Waals surface area contributed by atoms with E-state index in [1.54, 1.807) is 12.1 Å². The summed E-state index contributed by atoms with van der Waals surface area (Å²) in [6.45, 7) is 1.41. The monoisotopic (exact) mass is 384 g/mol. The average Bonchev–Trinajstić information content (AvgIpc) is 2.38. The highest BCUT2D eigenvalue weighted by Gasteiger charge is 2.37. The molecule has 0 aliphatic heterocycles. The van der Waals surface area contributed by atoms with Gasteiger partial charge in [-0.15, -0.1) is 16.0 Å². The van der Waals surface area contributed by atoms with Crippen LogP contribution in [-0.2, 0) is 20.0 Å². The number of nitrogens with zero attached hydrogens (tertiary/aromatic N) is 2. The van der Waals surface area contributed by atoms with Gasteiger partial charge in [-0.2, -0.15) is 0 Å². The first-order valence-electron chi connectivity index (χ1n) is 6.29. The van der Waals surface area contributed by atoms with E-state index in [0.29, 0.717) is 10.7 Å². The number of hydrazine groups is 1. The van der Waals surface area contributed by atoms with Crippen molar-refractivity contribution in [3.8, 4) is 5.75 Å². The Morgan fingerprint density at radius 1 is 1.09 bits per heavy atom. The molecule has 0 heterocycles. The normalized spacial score (nSPS) is 12.2. The highest BCUT2D eigenvalue weighted by atomic mass is 35.5. The van der Waals surface area contributed by atoms with E-state index in [0.717, 1.165) is 11.8 Å². The summed E-state index contributed by atoms with van der Waals surface area (Å²) in [5, 5.41) is 0. The number of rotatable bonds is 6. The van der Waals surface area contributed by atoms with Crippen molar-refractivity contribution in [3.63, 3.8) is 0 Å². The maximum Gasteiger partial charge on any atom is 0.445 e. The lowest BCUT2D eigenvalue weighted by Crippen LogP contribution is -2.53. The van der Waals surface area contributed by atoms with Crippen molar-refractivity contribution in [3.05, 3.63) is 29.8 Å². The molecule has 1 amide bonds. The Hall–Kier alpha value is -1.36.